The van der Waals surface area contributed by atoms with Crippen LogP contribution in [0.4, 0.5) is 0 Å². The van der Waals surface area contributed by atoms with Crippen molar-refractivity contribution in [2.75, 3.05) is 19.6 Å². The number of benzene rings is 1. The summed E-state index contributed by atoms with van der Waals surface area (Å²) in [7, 11) is 0. The van der Waals surface area contributed by atoms with Gasteiger partial charge >= 0.3 is 0 Å². The Morgan fingerprint density at radius 2 is 2.03 bits per heavy atom. The van der Waals surface area contributed by atoms with Crippen molar-refractivity contribution in [2.24, 2.45) is 5.41 Å². The maximum absolute atomic E-state index is 13.4. The van der Waals surface area contributed by atoms with Crippen molar-refractivity contribution in [2.45, 2.75) is 33.1 Å². The number of amides is 2. The van der Waals surface area contributed by atoms with Gasteiger partial charge in [-0.05, 0) is 50.3 Å². The number of aryl methyl sites for hydroxylation is 1. The van der Waals surface area contributed by atoms with Crippen LogP contribution in [-0.4, -0.2) is 51.5 Å². The molecule has 1 aliphatic heterocycles. The third-order valence-electron chi connectivity index (χ3n) is 6.26. The van der Waals surface area contributed by atoms with Gasteiger partial charge in [-0.2, -0.15) is 5.10 Å². The van der Waals surface area contributed by atoms with Crippen molar-refractivity contribution in [1.29, 1.82) is 0 Å². The topological polar surface area (TPSA) is 91.0 Å². The van der Waals surface area contributed by atoms with Gasteiger partial charge in [0.1, 0.15) is 0 Å². The van der Waals surface area contributed by atoms with Crippen molar-refractivity contribution >= 4 is 11.8 Å². The number of piperidine rings is 1. The van der Waals surface area contributed by atoms with E-state index in [2.05, 4.69) is 32.6 Å². The second-order valence-electron chi connectivity index (χ2n) is 8.45. The molecule has 2 N–H and O–H groups in total. The van der Waals surface area contributed by atoms with Gasteiger partial charge in [-0.25, -0.2) is 0 Å². The van der Waals surface area contributed by atoms with Crippen molar-refractivity contribution in [3.05, 3.63) is 71.8 Å². The molecular weight excluding hydrogens is 402 g/mol. The Labute approximate surface area is 188 Å². The van der Waals surface area contributed by atoms with Crippen LogP contribution in [0.3, 0.4) is 0 Å². The molecule has 7 nitrogen and oxygen atoms in total. The van der Waals surface area contributed by atoms with Crippen LogP contribution in [0.5, 0.6) is 0 Å². The highest BCUT2D eigenvalue weighted by molar-refractivity contribution is 5.96. The Bertz CT molecular complexity index is 1090. The summed E-state index contributed by atoms with van der Waals surface area (Å²) in [6.45, 7) is 5.33. The van der Waals surface area contributed by atoms with E-state index in [1.807, 2.05) is 49.2 Å². The van der Waals surface area contributed by atoms with E-state index in [9.17, 15) is 9.59 Å². The predicted octanol–water partition coefficient (Wildman–Crippen LogP) is 3.38. The second-order valence-corrected chi connectivity index (χ2v) is 8.45. The lowest BCUT2D eigenvalue weighted by Gasteiger charge is -2.42. The number of hydrogen-bond acceptors (Lipinski definition) is 4. The predicted molar refractivity (Wildman–Crippen MR) is 123 cm³/mol. The molecule has 0 spiro atoms. The fourth-order valence-electron chi connectivity index (χ4n) is 4.64. The lowest BCUT2D eigenvalue weighted by Crippen LogP contribution is -2.54. The summed E-state index contributed by atoms with van der Waals surface area (Å²) in [5.74, 6) is -0.0763. The highest BCUT2D eigenvalue weighted by Gasteiger charge is 2.44. The number of H-pyrrole nitrogens is 1. The Morgan fingerprint density at radius 1 is 1.19 bits per heavy atom. The zero-order valence-electron chi connectivity index (χ0n) is 18.6. The Morgan fingerprint density at radius 3 is 2.75 bits per heavy atom. The first-order valence-electron chi connectivity index (χ1n) is 11.1. The second kappa shape index (κ2) is 9.34. The number of aromatic nitrogens is 3. The van der Waals surface area contributed by atoms with E-state index in [0.717, 1.165) is 35.2 Å². The maximum atomic E-state index is 13.4. The van der Waals surface area contributed by atoms with Gasteiger partial charge in [0.15, 0.2) is 0 Å². The molecule has 2 amide bonds. The summed E-state index contributed by atoms with van der Waals surface area (Å²) < 4.78 is 0. The number of rotatable bonds is 6. The summed E-state index contributed by atoms with van der Waals surface area (Å²) in [6.07, 6.45) is 7.22. The lowest BCUT2D eigenvalue weighted by molar-refractivity contribution is -0.133. The SMILES string of the molecule is CCNC(=O)C1(Cc2ccccc2-c2cccnc2)CCCN(C(=O)c2cn[nH]c2C)C1. The average Bonchev–Trinajstić information content (AvgIpc) is 3.25. The number of likely N-dealkylation sites (tertiary alicyclic amines) is 1. The van der Waals surface area contributed by atoms with Crippen LogP contribution in [-0.2, 0) is 11.2 Å². The summed E-state index contributed by atoms with van der Waals surface area (Å²) >= 11 is 0. The minimum atomic E-state index is -0.695. The van der Waals surface area contributed by atoms with Crippen LogP contribution in [0.2, 0.25) is 0 Å². The third kappa shape index (κ3) is 4.28. The zero-order chi connectivity index (χ0) is 22.6. The average molecular weight is 432 g/mol. The molecule has 1 saturated heterocycles. The van der Waals surface area contributed by atoms with Gasteiger partial charge in [-0.3, -0.25) is 19.7 Å². The molecule has 1 unspecified atom stereocenters. The molecule has 0 aliphatic carbocycles. The smallest absolute Gasteiger partial charge is 0.257 e. The largest absolute Gasteiger partial charge is 0.356 e. The van der Waals surface area contributed by atoms with Crippen molar-refractivity contribution in [3.63, 3.8) is 0 Å². The summed E-state index contributed by atoms with van der Waals surface area (Å²) in [5, 5.41) is 9.86. The van der Waals surface area contributed by atoms with Crippen LogP contribution in [0.25, 0.3) is 11.1 Å². The number of carbonyl (C=O) groups is 2. The summed E-state index contributed by atoms with van der Waals surface area (Å²) in [5.41, 5.74) is 3.78. The highest BCUT2D eigenvalue weighted by Crippen LogP contribution is 2.37. The Hall–Kier alpha value is -3.48. The van der Waals surface area contributed by atoms with E-state index in [1.54, 1.807) is 12.4 Å². The molecule has 4 rings (SSSR count). The van der Waals surface area contributed by atoms with Crippen LogP contribution >= 0.6 is 0 Å². The molecule has 166 valence electrons. The third-order valence-corrected chi connectivity index (χ3v) is 6.26. The van der Waals surface area contributed by atoms with Gasteiger partial charge in [-0.15, -0.1) is 0 Å². The number of nitrogens with one attached hydrogen (secondary N) is 2. The number of aromatic amines is 1. The molecule has 32 heavy (non-hydrogen) atoms. The quantitative estimate of drug-likeness (QED) is 0.626. The first-order chi connectivity index (χ1) is 15.5. The van der Waals surface area contributed by atoms with Gasteiger partial charge in [0.05, 0.1) is 17.2 Å². The molecule has 0 bridgehead atoms. The van der Waals surface area contributed by atoms with Crippen molar-refractivity contribution in [3.8, 4) is 11.1 Å². The van der Waals surface area contributed by atoms with Gasteiger partial charge < -0.3 is 10.2 Å². The van der Waals surface area contributed by atoms with Gasteiger partial charge in [-0.1, -0.05) is 30.3 Å². The molecule has 2 aromatic heterocycles. The first kappa shape index (κ1) is 21.7. The number of pyridine rings is 1. The highest BCUT2D eigenvalue weighted by atomic mass is 16.2. The van der Waals surface area contributed by atoms with E-state index < -0.39 is 5.41 Å². The molecule has 1 atom stereocenters. The van der Waals surface area contributed by atoms with E-state index in [1.165, 1.54) is 0 Å². The van der Waals surface area contributed by atoms with Crippen LogP contribution in [0, 0.1) is 12.3 Å². The summed E-state index contributed by atoms with van der Waals surface area (Å²) in [4.78, 5) is 32.7. The van der Waals surface area contributed by atoms with Crippen molar-refractivity contribution < 1.29 is 9.59 Å². The Balaban J connectivity index is 1.69. The molecule has 3 heterocycles. The molecule has 7 heteroatoms. The zero-order valence-corrected chi connectivity index (χ0v) is 18.6. The first-order valence-corrected chi connectivity index (χ1v) is 11.1. The minimum Gasteiger partial charge on any atom is -0.356 e. The van der Waals surface area contributed by atoms with E-state index in [0.29, 0.717) is 31.6 Å². The molecular formula is C25H29N5O2. The minimum absolute atomic E-state index is 0.00223. The molecule has 1 fully saturated rings. The maximum Gasteiger partial charge on any atom is 0.257 e. The molecule has 3 aromatic rings. The molecule has 0 radical (unpaired) electrons. The van der Waals surface area contributed by atoms with Gasteiger partial charge in [0.25, 0.3) is 5.91 Å². The number of carbonyl (C=O) groups excluding carboxylic acids is 2. The monoisotopic (exact) mass is 431 g/mol. The van der Waals surface area contributed by atoms with Crippen molar-refractivity contribution in [1.82, 2.24) is 25.4 Å². The van der Waals surface area contributed by atoms with Crippen LogP contribution in [0.1, 0.15) is 41.4 Å². The molecule has 1 aromatic carbocycles. The van der Waals surface area contributed by atoms with Crippen LogP contribution in [0.15, 0.2) is 55.0 Å². The number of nitrogens with zero attached hydrogens (tertiary/aromatic N) is 3. The standard InChI is InChI=1S/C25H29N5O2/c1-3-27-24(32)25(11-7-13-30(17-25)23(31)22-16-28-29-18(22)2)14-19-8-4-5-10-21(19)20-9-6-12-26-15-20/h4-6,8-10,12,15-16H,3,7,11,13-14,17H2,1-2H3,(H,27,32)(H,28,29). The van der Waals surface area contributed by atoms with E-state index >= 15 is 0 Å². The van der Waals surface area contributed by atoms with E-state index in [4.69, 9.17) is 0 Å². The van der Waals surface area contributed by atoms with Gasteiger partial charge in [0.2, 0.25) is 5.91 Å². The van der Waals surface area contributed by atoms with Crippen LogP contribution < -0.4 is 5.32 Å². The summed E-state index contributed by atoms with van der Waals surface area (Å²) in [6, 6.07) is 12.1. The van der Waals surface area contributed by atoms with E-state index in [-0.39, 0.29) is 11.8 Å². The van der Waals surface area contributed by atoms with Gasteiger partial charge in [0, 0.05) is 43.3 Å². The molecule has 0 saturated carbocycles. The molecule has 1 aliphatic rings. The fraction of sp³-hybridized carbons (Fsp3) is 0.360. The fourth-order valence-corrected chi connectivity index (χ4v) is 4.64. The number of hydrogen-bond donors (Lipinski definition) is 2. The lowest BCUT2D eigenvalue weighted by atomic mass is 9.73. The normalized spacial score (nSPS) is 18.4. The Kier molecular flexibility index (Phi) is 6.35.